The van der Waals surface area contributed by atoms with E-state index < -0.39 is 0 Å². The van der Waals surface area contributed by atoms with Crippen molar-refractivity contribution in [3.05, 3.63) is 0 Å². The monoisotopic (exact) mass is 207 g/mol. The molecule has 0 unspecified atom stereocenters. The van der Waals surface area contributed by atoms with E-state index in [1.54, 1.807) is 21.1 Å². The van der Waals surface area contributed by atoms with Crippen LogP contribution in [0, 0.1) is 0 Å². The highest BCUT2D eigenvalue weighted by Crippen LogP contribution is 1.86. The Balaban J connectivity index is 0. The van der Waals surface area contributed by atoms with E-state index in [4.69, 9.17) is 14.6 Å². The van der Waals surface area contributed by atoms with E-state index in [9.17, 15) is 0 Å². The molecule has 0 aliphatic heterocycles. The van der Waals surface area contributed by atoms with Crippen molar-refractivity contribution in [2.24, 2.45) is 0 Å². The summed E-state index contributed by atoms with van der Waals surface area (Å²) in [7, 11) is 3.45. The molecule has 0 spiro atoms. The fourth-order valence-corrected chi connectivity index (χ4v) is 0.869. The SMILES string of the molecule is CCN(CCOC)CCOC.CCO. The van der Waals surface area contributed by atoms with Crippen molar-refractivity contribution < 1.29 is 14.6 Å². The molecule has 0 saturated heterocycles. The average molecular weight is 207 g/mol. The lowest BCUT2D eigenvalue weighted by atomic mass is 10.5. The van der Waals surface area contributed by atoms with Crippen molar-refractivity contribution in [2.75, 3.05) is 53.7 Å². The van der Waals surface area contributed by atoms with Gasteiger partial charge in [-0.3, -0.25) is 4.90 Å². The van der Waals surface area contributed by atoms with Crippen LogP contribution in [0.4, 0.5) is 0 Å². The molecule has 0 atom stereocenters. The van der Waals surface area contributed by atoms with Gasteiger partial charge in [0.15, 0.2) is 0 Å². The Morgan fingerprint density at radius 1 is 1.00 bits per heavy atom. The second-order valence-corrected chi connectivity index (χ2v) is 2.74. The number of likely N-dealkylation sites (N-methyl/N-ethyl adjacent to an activating group) is 1. The minimum Gasteiger partial charge on any atom is -0.397 e. The van der Waals surface area contributed by atoms with Crippen molar-refractivity contribution in [3.8, 4) is 0 Å². The predicted molar refractivity (Wildman–Crippen MR) is 58.6 cm³/mol. The van der Waals surface area contributed by atoms with Crippen molar-refractivity contribution in [3.63, 3.8) is 0 Å². The molecule has 0 bridgehead atoms. The van der Waals surface area contributed by atoms with E-state index >= 15 is 0 Å². The van der Waals surface area contributed by atoms with Crippen LogP contribution in [-0.2, 0) is 9.47 Å². The average Bonchev–Trinajstić information content (AvgIpc) is 2.20. The predicted octanol–water partition coefficient (Wildman–Crippen LogP) is 0.600. The van der Waals surface area contributed by atoms with E-state index in [0.29, 0.717) is 0 Å². The first-order valence-corrected chi connectivity index (χ1v) is 5.07. The van der Waals surface area contributed by atoms with E-state index in [-0.39, 0.29) is 6.61 Å². The van der Waals surface area contributed by atoms with Crippen LogP contribution in [0.3, 0.4) is 0 Å². The minimum atomic E-state index is 0.250. The maximum absolute atomic E-state index is 7.57. The quantitative estimate of drug-likeness (QED) is 0.664. The Kier molecular flexibility index (Phi) is 17.8. The number of nitrogens with zero attached hydrogens (tertiary/aromatic N) is 1. The van der Waals surface area contributed by atoms with Gasteiger partial charge in [-0.15, -0.1) is 0 Å². The van der Waals surface area contributed by atoms with Crippen LogP contribution in [0.5, 0.6) is 0 Å². The molecule has 0 saturated carbocycles. The van der Waals surface area contributed by atoms with Crippen LogP contribution in [0.15, 0.2) is 0 Å². The van der Waals surface area contributed by atoms with E-state index in [1.165, 1.54) is 0 Å². The molecule has 0 rings (SSSR count). The third-order valence-electron chi connectivity index (χ3n) is 1.67. The largest absolute Gasteiger partial charge is 0.397 e. The Morgan fingerprint density at radius 2 is 1.36 bits per heavy atom. The van der Waals surface area contributed by atoms with Crippen molar-refractivity contribution in [1.82, 2.24) is 4.90 Å². The minimum absolute atomic E-state index is 0.250. The summed E-state index contributed by atoms with van der Waals surface area (Å²) < 4.78 is 9.94. The smallest absolute Gasteiger partial charge is 0.0589 e. The first-order chi connectivity index (χ1) is 6.76. The summed E-state index contributed by atoms with van der Waals surface area (Å²) in [6, 6.07) is 0. The second-order valence-electron chi connectivity index (χ2n) is 2.74. The third-order valence-corrected chi connectivity index (χ3v) is 1.67. The maximum atomic E-state index is 7.57. The van der Waals surface area contributed by atoms with Gasteiger partial charge in [0.1, 0.15) is 0 Å². The van der Waals surface area contributed by atoms with Crippen LogP contribution in [0.25, 0.3) is 0 Å². The second kappa shape index (κ2) is 15.3. The molecule has 0 radical (unpaired) electrons. The molecule has 0 aromatic rings. The highest BCUT2D eigenvalue weighted by molar-refractivity contribution is 4.52. The number of aliphatic hydroxyl groups excluding tert-OH is 1. The molecule has 0 heterocycles. The normalized spacial score (nSPS) is 9.86. The zero-order chi connectivity index (χ0) is 11.2. The molecule has 0 fully saturated rings. The first kappa shape index (κ1) is 16.3. The van der Waals surface area contributed by atoms with Crippen LogP contribution in [-0.4, -0.2) is 63.7 Å². The molecule has 88 valence electrons. The number of hydrogen-bond donors (Lipinski definition) is 1. The summed E-state index contributed by atoms with van der Waals surface area (Å²) in [5.41, 5.74) is 0. The topological polar surface area (TPSA) is 41.9 Å². The zero-order valence-electron chi connectivity index (χ0n) is 9.95. The van der Waals surface area contributed by atoms with Gasteiger partial charge < -0.3 is 14.6 Å². The molecule has 4 heteroatoms. The van der Waals surface area contributed by atoms with Crippen molar-refractivity contribution in [2.45, 2.75) is 13.8 Å². The fraction of sp³-hybridized carbons (Fsp3) is 1.00. The Bertz CT molecular complexity index is 83.4. The van der Waals surface area contributed by atoms with Crippen LogP contribution >= 0.6 is 0 Å². The third kappa shape index (κ3) is 14.4. The standard InChI is InChI=1S/C8H19NO2.C2H6O/c1-4-9(5-7-10-2)6-8-11-3;1-2-3/h4-8H2,1-3H3;3H,2H2,1H3. The summed E-state index contributed by atoms with van der Waals surface area (Å²) >= 11 is 0. The number of methoxy groups -OCH3 is 2. The molecular formula is C10H25NO3. The molecule has 0 aliphatic rings. The summed E-state index contributed by atoms with van der Waals surface area (Å²) in [6.45, 7) is 8.74. The molecule has 0 aromatic carbocycles. The summed E-state index contributed by atoms with van der Waals surface area (Å²) in [4.78, 5) is 2.30. The molecule has 4 nitrogen and oxygen atoms in total. The van der Waals surface area contributed by atoms with Crippen LogP contribution < -0.4 is 0 Å². The Morgan fingerprint density at radius 3 is 1.57 bits per heavy atom. The molecule has 0 aromatic heterocycles. The lowest BCUT2D eigenvalue weighted by Gasteiger charge is -2.18. The van der Waals surface area contributed by atoms with Crippen molar-refractivity contribution >= 4 is 0 Å². The van der Waals surface area contributed by atoms with E-state index in [0.717, 1.165) is 32.8 Å². The van der Waals surface area contributed by atoms with Gasteiger partial charge in [0.05, 0.1) is 13.2 Å². The van der Waals surface area contributed by atoms with Crippen LogP contribution in [0.2, 0.25) is 0 Å². The van der Waals surface area contributed by atoms with Crippen molar-refractivity contribution in [1.29, 1.82) is 0 Å². The van der Waals surface area contributed by atoms with Gasteiger partial charge in [-0.25, -0.2) is 0 Å². The zero-order valence-corrected chi connectivity index (χ0v) is 9.95. The molecule has 0 aliphatic carbocycles. The lowest BCUT2D eigenvalue weighted by Crippen LogP contribution is -2.30. The first-order valence-electron chi connectivity index (χ1n) is 5.07. The van der Waals surface area contributed by atoms with Gasteiger partial charge >= 0.3 is 0 Å². The van der Waals surface area contributed by atoms with Gasteiger partial charge in [-0.05, 0) is 13.5 Å². The van der Waals surface area contributed by atoms with E-state index in [2.05, 4.69) is 11.8 Å². The summed E-state index contributed by atoms with van der Waals surface area (Å²) in [5, 5.41) is 7.57. The molecule has 0 amide bonds. The van der Waals surface area contributed by atoms with Gasteiger partial charge in [-0.1, -0.05) is 6.92 Å². The van der Waals surface area contributed by atoms with Crippen LogP contribution in [0.1, 0.15) is 13.8 Å². The van der Waals surface area contributed by atoms with E-state index in [1.807, 2.05) is 0 Å². The maximum Gasteiger partial charge on any atom is 0.0589 e. The molecular weight excluding hydrogens is 182 g/mol. The van der Waals surface area contributed by atoms with Gasteiger partial charge in [0.25, 0.3) is 0 Å². The Labute approximate surface area is 87.8 Å². The number of ether oxygens (including phenoxy) is 2. The highest BCUT2D eigenvalue weighted by atomic mass is 16.5. The number of rotatable bonds is 7. The summed E-state index contributed by atoms with van der Waals surface area (Å²) in [6.07, 6.45) is 0. The molecule has 14 heavy (non-hydrogen) atoms. The summed E-state index contributed by atoms with van der Waals surface area (Å²) in [5.74, 6) is 0. The number of hydrogen-bond acceptors (Lipinski definition) is 4. The lowest BCUT2D eigenvalue weighted by molar-refractivity contribution is 0.117. The van der Waals surface area contributed by atoms with Gasteiger partial charge in [0, 0.05) is 33.9 Å². The Hall–Kier alpha value is -0.160. The fourth-order valence-electron chi connectivity index (χ4n) is 0.869. The van der Waals surface area contributed by atoms with Gasteiger partial charge in [0.2, 0.25) is 0 Å². The number of aliphatic hydroxyl groups is 1. The highest BCUT2D eigenvalue weighted by Gasteiger charge is 1.99. The molecule has 1 N–H and O–H groups in total. The van der Waals surface area contributed by atoms with Gasteiger partial charge in [-0.2, -0.15) is 0 Å².